The lowest BCUT2D eigenvalue weighted by atomic mass is 9.84. The number of halogens is 3. The summed E-state index contributed by atoms with van der Waals surface area (Å²) in [4.78, 5) is 0. The van der Waals surface area contributed by atoms with Gasteiger partial charge in [0.15, 0.2) is 6.61 Å². The molecule has 0 rings (SSSR count). The summed E-state index contributed by atoms with van der Waals surface area (Å²) >= 11 is 4.09. The molecular weight excluding hydrogens is 239 g/mol. The molecule has 0 aliphatic carbocycles. The van der Waals surface area contributed by atoms with Gasteiger partial charge >= 0.3 is 6.18 Å². The first-order chi connectivity index (χ1) is 7.17. The molecule has 0 aromatic carbocycles. The molecule has 6 heteroatoms. The monoisotopic (exact) mass is 257 g/mol. The van der Waals surface area contributed by atoms with Crippen LogP contribution < -0.4 is 5.73 Å². The van der Waals surface area contributed by atoms with Gasteiger partial charge in [0.25, 0.3) is 0 Å². The van der Waals surface area contributed by atoms with E-state index in [0.29, 0.717) is 6.42 Å². The van der Waals surface area contributed by atoms with Gasteiger partial charge in [-0.15, -0.1) is 0 Å². The third-order valence-electron chi connectivity index (χ3n) is 2.60. The molecule has 0 aliphatic rings. The van der Waals surface area contributed by atoms with Crippen molar-refractivity contribution in [1.29, 1.82) is 0 Å². The summed E-state index contributed by atoms with van der Waals surface area (Å²) in [6.07, 6.45) is -2.29. The maximum atomic E-state index is 12.0. The van der Waals surface area contributed by atoms with Gasteiger partial charge in [-0.25, -0.2) is 0 Å². The third-order valence-corrected chi connectivity index (χ3v) is 3.17. The maximum Gasteiger partial charge on any atom is 0.422 e. The molecule has 0 saturated heterocycles. The van der Waals surface area contributed by atoms with Crippen molar-refractivity contribution in [2.24, 2.45) is 11.1 Å². The van der Waals surface area contributed by atoms with Crippen molar-refractivity contribution < 1.29 is 17.9 Å². The molecular formula is C10H18F3NOS. The zero-order valence-corrected chi connectivity index (χ0v) is 10.5. The van der Waals surface area contributed by atoms with Gasteiger partial charge in [-0.2, -0.15) is 25.8 Å². The average molecular weight is 257 g/mol. The Morgan fingerprint density at radius 3 is 2.25 bits per heavy atom. The van der Waals surface area contributed by atoms with E-state index in [2.05, 4.69) is 12.6 Å². The first kappa shape index (κ1) is 15.6. The number of nitrogens with two attached hydrogens (primary N) is 1. The fraction of sp³-hybridized carbons (Fsp3) is 0.800. The van der Waals surface area contributed by atoms with Crippen LogP contribution in [0.5, 0.6) is 0 Å². The van der Waals surface area contributed by atoms with E-state index in [0.717, 1.165) is 0 Å². The molecule has 2 atom stereocenters. The predicted octanol–water partition coefficient (Wildman–Crippen LogP) is 3.10. The largest absolute Gasteiger partial charge is 0.488 e. The normalized spacial score (nSPS) is 19.1. The van der Waals surface area contributed by atoms with E-state index in [1.165, 1.54) is 6.08 Å². The molecule has 2 nitrogen and oxygen atoms in total. The summed E-state index contributed by atoms with van der Waals surface area (Å²) in [5.41, 5.74) is 4.97. The van der Waals surface area contributed by atoms with Crippen molar-refractivity contribution in [1.82, 2.24) is 0 Å². The summed E-state index contributed by atoms with van der Waals surface area (Å²) < 4.78 is 40.9. The van der Waals surface area contributed by atoms with Crippen molar-refractivity contribution in [2.75, 3.05) is 6.61 Å². The Labute approximate surface area is 99.4 Å². The average Bonchev–Trinajstić information content (AvgIpc) is 2.16. The number of alkyl halides is 3. The summed E-state index contributed by atoms with van der Waals surface area (Å²) in [6.45, 7) is 3.88. The van der Waals surface area contributed by atoms with E-state index in [4.69, 9.17) is 10.5 Å². The third kappa shape index (κ3) is 4.25. The molecule has 96 valence electrons. The van der Waals surface area contributed by atoms with Gasteiger partial charge in [-0.3, -0.25) is 0 Å². The predicted molar refractivity (Wildman–Crippen MR) is 61.1 cm³/mol. The van der Waals surface area contributed by atoms with Gasteiger partial charge in [0.2, 0.25) is 0 Å². The number of rotatable bonds is 5. The van der Waals surface area contributed by atoms with E-state index in [-0.39, 0.29) is 5.76 Å². The molecule has 2 unspecified atom stereocenters. The molecule has 2 N–H and O–H groups in total. The quantitative estimate of drug-likeness (QED) is 0.451. The Hall–Kier alpha value is -0.360. The highest BCUT2D eigenvalue weighted by molar-refractivity contribution is 7.80. The second kappa shape index (κ2) is 5.82. The molecule has 0 saturated carbocycles. The SMILES string of the molecule is C/C=C(/OCC(F)(F)F)C(C)(CC)C(N)S. The smallest absolute Gasteiger partial charge is 0.422 e. The number of hydrogen-bond acceptors (Lipinski definition) is 3. The highest BCUT2D eigenvalue weighted by atomic mass is 32.1. The molecule has 0 bridgehead atoms. The van der Waals surface area contributed by atoms with Crippen LogP contribution in [0.25, 0.3) is 0 Å². The van der Waals surface area contributed by atoms with Crippen molar-refractivity contribution in [2.45, 2.75) is 38.7 Å². The van der Waals surface area contributed by atoms with Crippen molar-refractivity contribution in [3.05, 3.63) is 11.8 Å². The van der Waals surface area contributed by atoms with E-state index in [1.807, 2.05) is 6.92 Å². The van der Waals surface area contributed by atoms with Crippen LogP contribution in [-0.4, -0.2) is 18.2 Å². The Morgan fingerprint density at radius 2 is 2.00 bits per heavy atom. The first-order valence-electron chi connectivity index (χ1n) is 4.97. The van der Waals surface area contributed by atoms with Crippen LogP contribution in [-0.2, 0) is 4.74 Å². The highest BCUT2D eigenvalue weighted by Crippen LogP contribution is 2.36. The summed E-state index contributed by atoms with van der Waals surface area (Å²) in [7, 11) is 0. The first-order valence-corrected chi connectivity index (χ1v) is 5.49. The van der Waals surface area contributed by atoms with Crippen LogP contribution in [0.1, 0.15) is 27.2 Å². The van der Waals surface area contributed by atoms with E-state index in [9.17, 15) is 13.2 Å². The highest BCUT2D eigenvalue weighted by Gasteiger charge is 2.36. The molecule has 0 aromatic heterocycles. The Balaban J connectivity index is 4.74. The van der Waals surface area contributed by atoms with Gasteiger partial charge in [-0.05, 0) is 19.4 Å². The zero-order chi connectivity index (χ0) is 13.0. The van der Waals surface area contributed by atoms with E-state index < -0.39 is 23.6 Å². The topological polar surface area (TPSA) is 35.2 Å². The zero-order valence-electron chi connectivity index (χ0n) is 9.64. The number of hydrogen-bond donors (Lipinski definition) is 2. The molecule has 0 radical (unpaired) electrons. The van der Waals surface area contributed by atoms with Crippen LogP contribution in [0.4, 0.5) is 13.2 Å². The molecule has 0 aromatic rings. The standard InChI is InChI=1S/C10H18F3NOS/c1-4-7(15-6-10(11,12)13)9(3,5-2)8(14)16/h4,8,16H,5-6,14H2,1-3H3/b7-4+. The minimum atomic E-state index is -4.34. The van der Waals surface area contributed by atoms with Gasteiger partial charge in [0.1, 0.15) is 5.76 Å². The van der Waals surface area contributed by atoms with Crippen LogP contribution in [0, 0.1) is 5.41 Å². The van der Waals surface area contributed by atoms with Crippen LogP contribution >= 0.6 is 12.6 Å². The molecule has 0 spiro atoms. The molecule has 0 aliphatic heterocycles. The molecule has 0 fully saturated rings. The van der Waals surface area contributed by atoms with Crippen molar-refractivity contribution in [3.8, 4) is 0 Å². The summed E-state index contributed by atoms with van der Waals surface area (Å²) in [5.74, 6) is 0.231. The second-order valence-corrected chi connectivity index (χ2v) is 4.33. The molecule has 0 amide bonds. The minimum Gasteiger partial charge on any atom is -0.488 e. The van der Waals surface area contributed by atoms with Crippen LogP contribution in [0.15, 0.2) is 11.8 Å². The number of thiol groups is 1. The molecule has 16 heavy (non-hydrogen) atoms. The fourth-order valence-electron chi connectivity index (χ4n) is 1.27. The number of allylic oxidation sites excluding steroid dienone is 1. The van der Waals surface area contributed by atoms with Crippen LogP contribution in [0.2, 0.25) is 0 Å². The Morgan fingerprint density at radius 1 is 1.50 bits per heavy atom. The summed E-state index contributed by atoms with van der Waals surface area (Å²) in [6, 6.07) is 0. The van der Waals surface area contributed by atoms with Gasteiger partial charge < -0.3 is 10.5 Å². The van der Waals surface area contributed by atoms with Gasteiger partial charge in [-0.1, -0.05) is 13.8 Å². The number of ether oxygens (including phenoxy) is 1. The maximum absolute atomic E-state index is 12.0. The van der Waals surface area contributed by atoms with Crippen molar-refractivity contribution in [3.63, 3.8) is 0 Å². The minimum absolute atomic E-state index is 0.231. The van der Waals surface area contributed by atoms with Crippen molar-refractivity contribution >= 4 is 12.6 Å². The van der Waals surface area contributed by atoms with E-state index >= 15 is 0 Å². The van der Waals surface area contributed by atoms with Gasteiger partial charge in [0.05, 0.1) is 5.37 Å². The van der Waals surface area contributed by atoms with Gasteiger partial charge in [0, 0.05) is 5.41 Å². The van der Waals surface area contributed by atoms with Crippen LogP contribution in [0.3, 0.4) is 0 Å². The Bertz CT molecular complexity index is 253. The molecule has 0 heterocycles. The fourth-order valence-corrected chi connectivity index (χ4v) is 1.58. The lowest BCUT2D eigenvalue weighted by Crippen LogP contribution is -2.38. The Kier molecular flexibility index (Phi) is 5.69. The van der Waals surface area contributed by atoms with E-state index in [1.54, 1.807) is 13.8 Å². The lowest BCUT2D eigenvalue weighted by Gasteiger charge is -2.34. The second-order valence-electron chi connectivity index (χ2n) is 3.77. The lowest BCUT2D eigenvalue weighted by molar-refractivity contribution is -0.168. The summed E-state index contributed by atoms with van der Waals surface area (Å²) in [5, 5.41) is -0.572.